The molecule has 1 aromatic heterocycles. The lowest BCUT2D eigenvalue weighted by molar-refractivity contribution is -0.116. The average Bonchev–Trinajstić information content (AvgIpc) is 3.09. The van der Waals surface area contributed by atoms with Gasteiger partial charge in [-0.15, -0.1) is 5.10 Å². The van der Waals surface area contributed by atoms with E-state index in [9.17, 15) is 4.79 Å². The van der Waals surface area contributed by atoms with Crippen LogP contribution in [0.1, 0.15) is 23.1 Å². The van der Waals surface area contributed by atoms with Crippen molar-refractivity contribution in [3.05, 3.63) is 71.5 Å². The Morgan fingerprint density at radius 1 is 1.17 bits per heavy atom. The van der Waals surface area contributed by atoms with Gasteiger partial charge in [0.2, 0.25) is 5.91 Å². The molecule has 1 N–H and O–H groups in total. The van der Waals surface area contributed by atoms with Crippen molar-refractivity contribution in [3.63, 3.8) is 0 Å². The molecule has 3 aromatic rings. The van der Waals surface area contributed by atoms with Gasteiger partial charge in [-0.05, 0) is 43.5 Å². The maximum atomic E-state index is 12.3. The number of hydrogen-bond donors (Lipinski definition) is 1. The number of aromatic nitrogens is 3. The molecule has 0 unspecified atom stereocenters. The van der Waals surface area contributed by atoms with Crippen LogP contribution < -0.4 is 5.32 Å². The number of para-hydroxylation sites is 2. The third-order valence-electron chi connectivity index (χ3n) is 3.97. The minimum absolute atomic E-state index is 0.0115. The van der Waals surface area contributed by atoms with Gasteiger partial charge in [-0.25, -0.2) is 4.68 Å². The number of rotatable bonds is 5. The van der Waals surface area contributed by atoms with Gasteiger partial charge in [0.15, 0.2) is 0 Å². The third-order valence-corrected chi connectivity index (χ3v) is 3.97. The summed E-state index contributed by atoms with van der Waals surface area (Å²) in [6.07, 6.45) is 4.53. The molecule has 0 fully saturated rings. The molecule has 0 spiro atoms. The quantitative estimate of drug-likeness (QED) is 0.783. The highest BCUT2D eigenvalue weighted by Gasteiger charge is 2.09. The predicted molar refractivity (Wildman–Crippen MR) is 94.2 cm³/mol. The minimum Gasteiger partial charge on any atom is -0.324 e. The van der Waals surface area contributed by atoms with E-state index in [-0.39, 0.29) is 5.91 Å². The van der Waals surface area contributed by atoms with Crippen LogP contribution in [0, 0.1) is 13.8 Å². The highest BCUT2D eigenvalue weighted by Crippen LogP contribution is 2.19. The zero-order valence-electron chi connectivity index (χ0n) is 13.9. The third kappa shape index (κ3) is 3.68. The van der Waals surface area contributed by atoms with Gasteiger partial charge >= 0.3 is 0 Å². The minimum atomic E-state index is -0.0115. The van der Waals surface area contributed by atoms with E-state index in [1.807, 2.05) is 24.3 Å². The van der Waals surface area contributed by atoms with E-state index in [1.54, 1.807) is 17.1 Å². The van der Waals surface area contributed by atoms with Crippen LogP contribution in [0.3, 0.4) is 0 Å². The van der Waals surface area contributed by atoms with Crippen LogP contribution in [0.2, 0.25) is 0 Å². The first-order valence-corrected chi connectivity index (χ1v) is 7.95. The van der Waals surface area contributed by atoms with Gasteiger partial charge in [-0.1, -0.05) is 41.1 Å². The molecule has 1 amide bonds. The predicted octanol–water partition coefficient (Wildman–Crippen LogP) is 3.46. The number of nitrogens with one attached hydrogen (secondary N) is 1. The van der Waals surface area contributed by atoms with E-state index >= 15 is 0 Å². The van der Waals surface area contributed by atoms with Crippen LogP contribution in [0.5, 0.6) is 0 Å². The van der Waals surface area contributed by atoms with E-state index in [0.717, 1.165) is 17.8 Å². The van der Waals surface area contributed by atoms with Gasteiger partial charge in [0, 0.05) is 6.42 Å². The van der Waals surface area contributed by atoms with Crippen molar-refractivity contribution in [1.82, 2.24) is 15.0 Å². The summed E-state index contributed by atoms with van der Waals surface area (Å²) in [5.74, 6) is -0.0115. The number of carbonyl (C=O) groups excluding carboxylic acids is 1. The number of carbonyl (C=O) groups is 1. The molecule has 0 aliphatic carbocycles. The van der Waals surface area contributed by atoms with Crippen molar-refractivity contribution in [2.24, 2.45) is 0 Å². The van der Waals surface area contributed by atoms with E-state index < -0.39 is 0 Å². The molecule has 24 heavy (non-hydrogen) atoms. The lowest BCUT2D eigenvalue weighted by Crippen LogP contribution is -2.14. The fourth-order valence-electron chi connectivity index (χ4n) is 2.70. The summed E-state index contributed by atoms with van der Waals surface area (Å²) in [4.78, 5) is 12.3. The first kappa shape index (κ1) is 15.9. The Labute approximate surface area is 141 Å². The van der Waals surface area contributed by atoms with Crippen LogP contribution in [0.15, 0.2) is 54.9 Å². The van der Waals surface area contributed by atoms with Crippen molar-refractivity contribution >= 4 is 11.6 Å². The SMILES string of the molecule is Cc1ccc(CCC(=O)Nc2ccccc2-n2ccnn2)c(C)c1. The molecule has 5 heteroatoms. The van der Waals surface area contributed by atoms with Gasteiger partial charge < -0.3 is 5.32 Å². The monoisotopic (exact) mass is 320 g/mol. The normalized spacial score (nSPS) is 10.6. The second-order valence-electron chi connectivity index (χ2n) is 5.84. The molecule has 0 saturated carbocycles. The highest BCUT2D eigenvalue weighted by molar-refractivity contribution is 5.92. The van der Waals surface area contributed by atoms with Gasteiger partial charge in [-0.3, -0.25) is 4.79 Å². The molecule has 0 radical (unpaired) electrons. The van der Waals surface area contributed by atoms with E-state index in [0.29, 0.717) is 6.42 Å². The zero-order chi connectivity index (χ0) is 16.9. The molecule has 0 aliphatic heterocycles. The number of hydrogen-bond acceptors (Lipinski definition) is 3. The summed E-state index contributed by atoms with van der Waals surface area (Å²) < 4.78 is 1.64. The maximum Gasteiger partial charge on any atom is 0.224 e. The molecule has 0 aliphatic rings. The second kappa shape index (κ2) is 7.08. The van der Waals surface area contributed by atoms with Crippen LogP contribution in [0.25, 0.3) is 5.69 Å². The fraction of sp³-hybridized carbons (Fsp3) is 0.211. The Kier molecular flexibility index (Phi) is 4.70. The first-order valence-electron chi connectivity index (χ1n) is 7.95. The van der Waals surface area contributed by atoms with E-state index in [4.69, 9.17) is 0 Å². The number of nitrogens with zero attached hydrogens (tertiary/aromatic N) is 3. The van der Waals surface area contributed by atoms with Crippen molar-refractivity contribution in [2.75, 3.05) is 5.32 Å². The van der Waals surface area contributed by atoms with Crippen LogP contribution in [-0.4, -0.2) is 20.9 Å². The number of amides is 1. The molecule has 0 bridgehead atoms. The van der Waals surface area contributed by atoms with E-state index in [1.165, 1.54) is 16.7 Å². The Morgan fingerprint density at radius 2 is 2.00 bits per heavy atom. The lowest BCUT2D eigenvalue weighted by Gasteiger charge is -2.11. The van der Waals surface area contributed by atoms with Crippen LogP contribution >= 0.6 is 0 Å². The summed E-state index contributed by atoms with van der Waals surface area (Å²) in [6, 6.07) is 13.9. The Balaban J connectivity index is 1.67. The number of aryl methyl sites for hydroxylation is 3. The van der Waals surface area contributed by atoms with Crippen LogP contribution in [0.4, 0.5) is 5.69 Å². The van der Waals surface area contributed by atoms with Crippen molar-refractivity contribution in [3.8, 4) is 5.69 Å². The summed E-state index contributed by atoms with van der Waals surface area (Å²) in [5.41, 5.74) is 5.21. The molecule has 122 valence electrons. The molecular weight excluding hydrogens is 300 g/mol. The lowest BCUT2D eigenvalue weighted by atomic mass is 10.0. The fourth-order valence-corrected chi connectivity index (χ4v) is 2.70. The first-order chi connectivity index (χ1) is 11.6. The molecule has 1 heterocycles. The summed E-state index contributed by atoms with van der Waals surface area (Å²) in [6.45, 7) is 4.16. The summed E-state index contributed by atoms with van der Waals surface area (Å²) in [7, 11) is 0. The van der Waals surface area contributed by atoms with Gasteiger partial charge in [0.25, 0.3) is 0 Å². The van der Waals surface area contributed by atoms with Gasteiger partial charge in [0.05, 0.1) is 23.8 Å². The van der Waals surface area contributed by atoms with Crippen LogP contribution in [-0.2, 0) is 11.2 Å². The van der Waals surface area contributed by atoms with Gasteiger partial charge in [-0.2, -0.15) is 0 Å². The second-order valence-corrected chi connectivity index (χ2v) is 5.84. The van der Waals surface area contributed by atoms with Crippen molar-refractivity contribution in [2.45, 2.75) is 26.7 Å². The Morgan fingerprint density at radius 3 is 2.75 bits per heavy atom. The van der Waals surface area contributed by atoms with E-state index in [2.05, 4.69) is 47.7 Å². The average molecular weight is 320 g/mol. The highest BCUT2D eigenvalue weighted by atomic mass is 16.1. The molecule has 3 rings (SSSR count). The maximum absolute atomic E-state index is 12.3. The largest absolute Gasteiger partial charge is 0.324 e. The van der Waals surface area contributed by atoms with Crippen molar-refractivity contribution in [1.29, 1.82) is 0 Å². The molecule has 2 aromatic carbocycles. The molecular formula is C19H20N4O. The molecule has 5 nitrogen and oxygen atoms in total. The van der Waals surface area contributed by atoms with Crippen molar-refractivity contribution < 1.29 is 4.79 Å². The Bertz CT molecular complexity index is 840. The Hall–Kier alpha value is -2.95. The summed E-state index contributed by atoms with van der Waals surface area (Å²) in [5, 5.41) is 10.8. The molecule has 0 atom stereocenters. The number of anilines is 1. The summed E-state index contributed by atoms with van der Waals surface area (Å²) >= 11 is 0. The number of benzene rings is 2. The zero-order valence-corrected chi connectivity index (χ0v) is 13.9. The molecule has 0 saturated heterocycles. The van der Waals surface area contributed by atoms with Gasteiger partial charge in [0.1, 0.15) is 0 Å². The topological polar surface area (TPSA) is 59.8 Å². The smallest absolute Gasteiger partial charge is 0.224 e. The standard InChI is InChI=1S/C19H20N4O/c1-14-7-8-16(15(2)13-14)9-10-19(24)21-17-5-3-4-6-18(17)23-12-11-20-22-23/h3-8,11-13H,9-10H2,1-2H3,(H,21,24).